The molecule has 0 saturated carbocycles. The van der Waals surface area contributed by atoms with E-state index in [1.54, 1.807) is 40.7 Å². The Morgan fingerprint density at radius 1 is 1.03 bits per heavy atom. The van der Waals surface area contributed by atoms with E-state index in [1.165, 1.54) is 25.6 Å². The molecule has 1 aromatic heterocycles. The summed E-state index contributed by atoms with van der Waals surface area (Å²) < 4.78 is 38.5. The van der Waals surface area contributed by atoms with Gasteiger partial charge in [-0.2, -0.15) is 4.31 Å². The zero-order valence-corrected chi connectivity index (χ0v) is 18.9. The van der Waals surface area contributed by atoms with Crippen molar-refractivity contribution < 1.29 is 22.7 Å². The lowest BCUT2D eigenvalue weighted by Gasteiger charge is -2.25. The van der Waals surface area contributed by atoms with Crippen LogP contribution in [0.3, 0.4) is 0 Å². The van der Waals surface area contributed by atoms with Crippen LogP contribution in [0.1, 0.15) is 29.6 Å². The second-order valence-corrected chi connectivity index (χ2v) is 10.1. The van der Waals surface area contributed by atoms with Crippen molar-refractivity contribution >= 4 is 42.6 Å². The molecule has 0 aliphatic carbocycles. The Morgan fingerprint density at radius 3 is 2.48 bits per heavy atom. The Bertz CT molecular complexity index is 1220. The quantitative estimate of drug-likeness (QED) is 0.601. The zero-order valence-electron chi connectivity index (χ0n) is 17.3. The van der Waals surface area contributed by atoms with Gasteiger partial charge in [0.2, 0.25) is 10.0 Å². The minimum absolute atomic E-state index is 0.253. The number of benzene rings is 2. The average Bonchev–Trinajstić information content (AvgIpc) is 3.20. The Morgan fingerprint density at radius 2 is 1.77 bits per heavy atom. The van der Waals surface area contributed by atoms with E-state index in [9.17, 15) is 13.2 Å². The first-order valence-electron chi connectivity index (χ1n) is 9.86. The third kappa shape index (κ3) is 4.36. The molecule has 0 bridgehead atoms. The van der Waals surface area contributed by atoms with E-state index in [0.29, 0.717) is 45.5 Å². The SMILES string of the molecule is COc1ccc(C(=O)Nc2nc3ccc(S(=O)(=O)N4CCCCC4)cc3s2)cc1OC. The molecule has 1 amide bonds. The van der Waals surface area contributed by atoms with Crippen LogP contribution in [0.4, 0.5) is 5.13 Å². The molecule has 1 N–H and O–H groups in total. The summed E-state index contributed by atoms with van der Waals surface area (Å²) in [7, 11) is -0.497. The van der Waals surface area contributed by atoms with Crippen molar-refractivity contribution in [1.29, 1.82) is 0 Å². The number of sulfonamides is 1. The Balaban J connectivity index is 1.56. The molecule has 164 valence electrons. The molecule has 31 heavy (non-hydrogen) atoms. The molecule has 0 spiro atoms. The molecule has 1 aliphatic heterocycles. The Hall–Kier alpha value is -2.69. The molecule has 8 nitrogen and oxygen atoms in total. The third-order valence-electron chi connectivity index (χ3n) is 5.18. The molecule has 1 fully saturated rings. The van der Waals surface area contributed by atoms with E-state index >= 15 is 0 Å². The first kappa shape index (κ1) is 21.5. The summed E-state index contributed by atoms with van der Waals surface area (Å²) in [5, 5.41) is 3.16. The first-order chi connectivity index (χ1) is 14.9. The van der Waals surface area contributed by atoms with Crippen molar-refractivity contribution in [3.63, 3.8) is 0 Å². The second kappa shape index (κ2) is 8.81. The van der Waals surface area contributed by atoms with Gasteiger partial charge in [0.25, 0.3) is 5.91 Å². The lowest BCUT2D eigenvalue weighted by atomic mass is 10.2. The highest BCUT2D eigenvalue weighted by atomic mass is 32.2. The highest BCUT2D eigenvalue weighted by molar-refractivity contribution is 7.89. The van der Waals surface area contributed by atoms with Crippen molar-refractivity contribution in [2.24, 2.45) is 0 Å². The van der Waals surface area contributed by atoms with Crippen molar-refractivity contribution in [2.45, 2.75) is 24.2 Å². The van der Waals surface area contributed by atoms with Crippen LogP contribution in [0.15, 0.2) is 41.3 Å². The van der Waals surface area contributed by atoms with E-state index in [1.807, 2.05) is 0 Å². The van der Waals surface area contributed by atoms with E-state index in [2.05, 4.69) is 10.3 Å². The van der Waals surface area contributed by atoms with Crippen LogP contribution in [-0.4, -0.2) is 50.9 Å². The Kier molecular flexibility index (Phi) is 6.12. The van der Waals surface area contributed by atoms with Gasteiger partial charge >= 0.3 is 0 Å². The van der Waals surface area contributed by atoms with E-state index in [-0.39, 0.29) is 10.8 Å². The number of rotatable bonds is 6. The molecular formula is C21H23N3O5S2. The predicted molar refractivity (Wildman–Crippen MR) is 120 cm³/mol. The number of nitrogens with one attached hydrogen (secondary N) is 1. The number of anilines is 1. The van der Waals surface area contributed by atoms with Gasteiger partial charge in [-0.05, 0) is 49.2 Å². The summed E-state index contributed by atoms with van der Waals surface area (Å²) in [5.74, 6) is 0.634. The van der Waals surface area contributed by atoms with Crippen LogP contribution in [-0.2, 0) is 10.0 Å². The van der Waals surface area contributed by atoms with Crippen LogP contribution in [0.2, 0.25) is 0 Å². The number of methoxy groups -OCH3 is 2. The summed E-state index contributed by atoms with van der Waals surface area (Å²) in [4.78, 5) is 17.3. The summed E-state index contributed by atoms with van der Waals surface area (Å²) in [6, 6.07) is 9.76. The minimum atomic E-state index is -3.53. The number of hydrogen-bond acceptors (Lipinski definition) is 7. The highest BCUT2D eigenvalue weighted by Gasteiger charge is 2.26. The maximum Gasteiger partial charge on any atom is 0.257 e. The van der Waals surface area contributed by atoms with Gasteiger partial charge in [-0.25, -0.2) is 13.4 Å². The standard InChI is InChI=1S/C21H23N3O5S2/c1-28-17-9-6-14(12-18(17)29-2)20(25)23-21-22-16-8-7-15(13-19(16)30-21)31(26,27)24-10-4-3-5-11-24/h6-9,12-13H,3-5,10-11H2,1-2H3,(H,22,23,25). The van der Waals surface area contributed by atoms with Gasteiger partial charge in [0.15, 0.2) is 16.6 Å². The lowest BCUT2D eigenvalue weighted by Crippen LogP contribution is -2.35. The molecule has 4 rings (SSSR count). The van der Waals surface area contributed by atoms with Gasteiger partial charge in [0, 0.05) is 18.7 Å². The summed E-state index contributed by atoms with van der Waals surface area (Å²) in [6.07, 6.45) is 2.83. The molecule has 2 aromatic carbocycles. The number of nitrogens with zero attached hydrogens (tertiary/aromatic N) is 2. The monoisotopic (exact) mass is 461 g/mol. The normalized spacial score (nSPS) is 15.0. The van der Waals surface area contributed by atoms with E-state index < -0.39 is 10.0 Å². The van der Waals surface area contributed by atoms with Crippen LogP contribution in [0, 0.1) is 0 Å². The molecule has 1 aliphatic rings. The van der Waals surface area contributed by atoms with E-state index in [4.69, 9.17) is 9.47 Å². The smallest absolute Gasteiger partial charge is 0.257 e. The third-order valence-corrected chi connectivity index (χ3v) is 8.01. The number of fused-ring (bicyclic) bond motifs is 1. The van der Waals surface area contributed by atoms with Gasteiger partial charge in [-0.3, -0.25) is 10.1 Å². The van der Waals surface area contributed by atoms with Crippen LogP contribution in [0.5, 0.6) is 11.5 Å². The number of ether oxygens (including phenoxy) is 2. The second-order valence-electron chi connectivity index (χ2n) is 7.14. The fourth-order valence-corrected chi connectivity index (χ4v) is 6.04. The minimum Gasteiger partial charge on any atom is -0.493 e. The predicted octanol–water partition coefficient (Wildman–Crippen LogP) is 3.74. The van der Waals surface area contributed by atoms with Crippen molar-refractivity contribution in [3.8, 4) is 11.5 Å². The number of hydrogen-bond donors (Lipinski definition) is 1. The number of thiazole rings is 1. The highest BCUT2D eigenvalue weighted by Crippen LogP contribution is 2.31. The number of amides is 1. The van der Waals surface area contributed by atoms with Gasteiger partial charge in [0.1, 0.15) is 0 Å². The van der Waals surface area contributed by atoms with Gasteiger partial charge in [-0.1, -0.05) is 17.8 Å². The van der Waals surface area contributed by atoms with Gasteiger partial charge < -0.3 is 9.47 Å². The maximum absolute atomic E-state index is 12.9. The Labute approximate surface area is 184 Å². The number of piperidine rings is 1. The van der Waals surface area contributed by atoms with Crippen molar-refractivity contribution in [1.82, 2.24) is 9.29 Å². The summed E-state index contributed by atoms with van der Waals surface area (Å²) in [6.45, 7) is 1.10. The fourth-order valence-electron chi connectivity index (χ4n) is 3.52. The molecule has 3 aromatic rings. The molecule has 10 heteroatoms. The van der Waals surface area contributed by atoms with Crippen molar-refractivity contribution in [2.75, 3.05) is 32.6 Å². The lowest BCUT2D eigenvalue weighted by molar-refractivity contribution is 0.102. The zero-order chi connectivity index (χ0) is 22.0. The molecule has 2 heterocycles. The van der Waals surface area contributed by atoms with E-state index in [0.717, 1.165) is 19.3 Å². The number of aromatic nitrogens is 1. The summed E-state index contributed by atoms with van der Waals surface area (Å²) in [5.41, 5.74) is 1.02. The fraction of sp³-hybridized carbons (Fsp3) is 0.333. The van der Waals surface area contributed by atoms with Crippen LogP contribution in [0.25, 0.3) is 10.2 Å². The van der Waals surface area contributed by atoms with Gasteiger partial charge in [0.05, 0.1) is 29.3 Å². The van der Waals surface area contributed by atoms with Crippen LogP contribution < -0.4 is 14.8 Å². The van der Waals surface area contributed by atoms with Gasteiger partial charge in [-0.15, -0.1) is 0 Å². The number of carbonyl (C=O) groups excluding carboxylic acids is 1. The molecule has 0 atom stereocenters. The maximum atomic E-state index is 12.9. The average molecular weight is 462 g/mol. The number of carbonyl (C=O) groups is 1. The van der Waals surface area contributed by atoms with Crippen molar-refractivity contribution in [3.05, 3.63) is 42.0 Å². The molecular weight excluding hydrogens is 438 g/mol. The summed E-state index contributed by atoms with van der Waals surface area (Å²) >= 11 is 1.23. The topological polar surface area (TPSA) is 97.8 Å². The van der Waals surface area contributed by atoms with Crippen LogP contribution >= 0.6 is 11.3 Å². The largest absolute Gasteiger partial charge is 0.493 e. The molecule has 0 radical (unpaired) electrons. The first-order valence-corrected chi connectivity index (χ1v) is 12.1. The molecule has 0 unspecified atom stereocenters. The molecule has 1 saturated heterocycles.